The zero-order chi connectivity index (χ0) is 23.0. The van der Waals surface area contributed by atoms with Gasteiger partial charge in [0.15, 0.2) is 5.82 Å². The summed E-state index contributed by atoms with van der Waals surface area (Å²) < 4.78 is 5.24. The van der Waals surface area contributed by atoms with Crippen LogP contribution in [0.3, 0.4) is 0 Å². The highest BCUT2D eigenvalue weighted by atomic mass is 16.5. The van der Waals surface area contributed by atoms with Crippen LogP contribution in [0.15, 0.2) is 85.2 Å². The van der Waals surface area contributed by atoms with Crippen LogP contribution in [0, 0.1) is 11.3 Å². The topological polar surface area (TPSA) is 83.7 Å². The third-order valence-electron chi connectivity index (χ3n) is 5.02. The number of rotatable bonds is 7. The van der Waals surface area contributed by atoms with E-state index in [0.717, 1.165) is 33.3 Å². The number of nitrogens with one attached hydrogen (secondary N) is 1. The van der Waals surface area contributed by atoms with Crippen molar-refractivity contribution < 1.29 is 4.74 Å². The van der Waals surface area contributed by atoms with Crippen LogP contribution < -0.4 is 5.32 Å². The van der Waals surface area contributed by atoms with Crippen LogP contribution in [0.2, 0.25) is 0 Å². The molecule has 0 saturated heterocycles. The smallest absolute Gasteiger partial charge is 0.163 e. The molecule has 0 aliphatic carbocycles. The van der Waals surface area contributed by atoms with Crippen molar-refractivity contribution in [3.8, 4) is 17.5 Å². The van der Waals surface area contributed by atoms with Crippen LogP contribution in [-0.2, 0) is 4.74 Å². The highest BCUT2D eigenvalue weighted by Gasteiger charge is 2.12. The van der Waals surface area contributed by atoms with Gasteiger partial charge >= 0.3 is 0 Å². The fourth-order valence-corrected chi connectivity index (χ4v) is 3.47. The molecular weight excluding hydrogens is 410 g/mol. The molecule has 33 heavy (non-hydrogen) atoms. The average molecular weight is 434 g/mol. The summed E-state index contributed by atoms with van der Waals surface area (Å²) in [6.07, 6.45) is 9.55. The Morgan fingerprint density at radius 2 is 2.03 bits per heavy atom. The number of fused-ring (bicyclic) bond motifs is 1. The van der Waals surface area contributed by atoms with Gasteiger partial charge in [0.05, 0.1) is 23.8 Å². The van der Waals surface area contributed by atoms with Crippen LogP contribution in [-0.4, -0.2) is 28.7 Å². The zero-order valence-corrected chi connectivity index (χ0v) is 18.5. The largest absolute Gasteiger partial charge is 0.381 e. The predicted octanol–water partition coefficient (Wildman–Crippen LogP) is 5.91. The Bertz CT molecular complexity index is 1370. The van der Waals surface area contributed by atoms with E-state index in [1.54, 1.807) is 31.6 Å². The van der Waals surface area contributed by atoms with Gasteiger partial charge in [-0.1, -0.05) is 30.4 Å². The molecule has 0 radical (unpaired) electrons. The minimum Gasteiger partial charge on any atom is -0.381 e. The van der Waals surface area contributed by atoms with Gasteiger partial charge in [-0.2, -0.15) is 5.26 Å². The maximum Gasteiger partial charge on any atom is 0.163 e. The van der Waals surface area contributed by atoms with E-state index in [0.29, 0.717) is 23.8 Å². The minimum atomic E-state index is 0.514. The number of hydrogen-bond donors (Lipinski definition) is 1. The van der Waals surface area contributed by atoms with Crippen molar-refractivity contribution in [2.75, 3.05) is 19.0 Å². The molecule has 2 heterocycles. The normalized spacial score (nSPS) is 11.6. The molecule has 4 aromatic rings. The molecule has 2 aromatic carbocycles. The molecule has 0 bridgehead atoms. The van der Waals surface area contributed by atoms with E-state index >= 15 is 0 Å². The first-order chi connectivity index (χ1) is 16.2. The van der Waals surface area contributed by atoms with Gasteiger partial charge in [-0.3, -0.25) is 4.98 Å². The maximum absolute atomic E-state index is 9.28. The SMILES string of the molecule is C/C=C\C(=C/COC)c1ccc2nc(-c3cccnc3)nc(Nc3cccc(C#N)c3)c2c1. The lowest BCUT2D eigenvalue weighted by Crippen LogP contribution is -2.00. The number of benzene rings is 2. The van der Waals surface area contributed by atoms with Crippen molar-refractivity contribution in [3.63, 3.8) is 0 Å². The number of nitrogens with zero attached hydrogens (tertiary/aromatic N) is 4. The van der Waals surface area contributed by atoms with Crippen LogP contribution in [0.4, 0.5) is 11.5 Å². The van der Waals surface area contributed by atoms with Gasteiger partial charge in [-0.15, -0.1) is 0 Å². The standard InChI is InChI=1S/C27H23N5O/c1-3-6-20(12-14-33-2)21-10-11-25-24(16-21)27(30-23-9-4-7-19(15-23)17-28)32-26(31-25)22-8-5-13-29-18-22/h3-13,15-16,18H,14H2,1-2H3,(H,30,31,32)/b6-3-,20-12+. The summed E-state index contributed by atoms with van der Waals surface area (Å²) in [6, 6.07) is 19.4. The molecule has 0 atom stereocenters. The highest BCUT2D eigenvalue weighted by Crippen LogP contribution is 2.30. The molecule has 4 rings (SSSR count). The van der Waals surface area contributed by atoms with E-state index in [9.17, 15) is 5.26 Å². The summed E-state index contributed by atoms with van der Waals surface area (Å²) in [6.45, 7) is 2.50. The third kappa shape index (κ3) is 5.12. The van der Waals surface area contributed by atoms with Crippen molar-refractivity contribution >= 4 is 28.0 Å². The van der Waals surface area contributed by atoms with E-state index < -0.39 is 0 Å². The molecule has 0 saturated carbocycles. The highest BCUT2D eigenvalue weighted by molar-refractivity contribution is 5.95. The van der Waals surface area contributed by atoms with E-state index in [-0.39, 0.29) is 0 Å². The van der Waals surface area contributed by atoms with Gasteiger partial charge in [-0.05, 0) is 60.5 Å². The Labute approximate surface area is 192 Å². The quantitative estimate of drug-likeness (QED) is 0.365. The Morgan fingerprint density at radius 1 is 1.12 bits per heavy atom. The maximum atomic E-state index is 9.28. The lowest BCUT2D eigenvalue weighted by Gasteiger charge is -2.13. The summed E-state index contributed by atoms with van der Waals surface area (Å²) in [4.78, 5) is 13.8. The van der Waals surface area contributed by atoms with Crippen molar-refractivity contribution in [2.24, 2.45) is 0 Å². The van der Waals surface area contributed by atoms with E-state index in [2.05, 4.69) is 28.5 Å². The fraction of sp³-hybridized carbons (Fsp3) is 0.111. The van der Waals surface area contributed by atoms with Crippen molar-refractivity contribution in [3.05, 3.63) is 96.3 Å². The Morgan fingerprint density at radius 3 is 2.79 bits per heavy atom. The molecule has 1 N–H and O–H groups in total. The molecule has 0 aliphatic rings. The summed E-state index contributed by atoms with van der Waals surface area (Å²) >= 11 is 0. The summed E-state index contributed by atoms with van der Waals surface area (Å²) in [7, 11) is 1.68. The predicted molar refractivity (Wildman–Crippen MR) is 132 cm³/mol. The van der Waals surface area contributed by atoms with E-state index in [4.69, 9.17) is 14.7 Å². The number of ether oxygens (including phenoxy) is 1. The lowest BCUT2D eigenvalue weighted by molar-refractivity contribution is 0.234. The fourth-order valence-electron chi connectivity index (χ4n) is 3.47. The first-order valence-electron chi connectivity index (χ1n) is 10.5. The number of pyridine rings is 1. The van der Waals surface area contributed by atoms with Crippen LogP contribution in [0.5, 0.6) is 0 Å². The van der Waals surface area contributed by atoms with E-state index in [1.807, 2.05) is 55.5 Å². The van der Waals surface area contributed by atoms with Crippen molar-refractivity contribution in [2.45, 2.75) is 6.92 Å². The van der Waals surface area contributed by atoms with Gasteiger partial charge in [0, 0.05) is 36.1 Å². The number of hydrogen-bond acceptors (Lipinski definition) is 6. The molecule has 0 aliphatic heterocycles. The number of allylic oxidation sites excluding steroid dienone is 3. The molecule has 6 nitrogen and oxygen atoms in total. The van der Waals surface area contributed by atoms with Crippen molar-refractivity contribution in [1.29, 1.82) is 5.26 Å². The number of methoxy groups -OCH3 is 1. The van der Waals surface area contributed by atoms with Gasteiger partial charge in [0.1, 0.15) is 5.82 Å². The zero-order valence-electron chi connectivity index (χ0n) is 18.5. The van der Waals surface area contributed by atoms with Gasteiger partial charge < -0.3 is 10.1 Å². The van der Waals surface area contributed by atoms with Gasteiger partial charge in [0.2, 0.25) is 0 Å². The second-order valence-electron chi connectivity index (χ2n) is 7.30. The first kappa shape index (κ1) is 21.9. The number of nitriles is 1. The third-order valence-corrected chi connectivity index (χ3v) is 5.02. The van der Waals surface area contributed by atoms with Crippen molar-refractivity contribution in [1.82, 2.24) is 15.0 Å². The second kappa shape index (κ2) is 10.3. The second-order valence-corrected chi connectivity index (χ2v) is 7.30. The Balaban J connectivity index is 1.88. The van der Waals surface area contributed by atoms with Crippen LogP contribution in [0.1, 0.15) is 18.1 Å². The number of aromatic nitrogens is 3. The minimum absolute atomic E-state index is 0.514. The van der Waals surface area contributed by atoms with Crippen LogP contribution in [0.25, 0.3) is 27.9 Å². The summed E-state index contributed by atoms with van der Waals surface area (Å²) in [5.74, 6) is 1.23. The van der Waals surface area contributed by atoms with Crippen LogP contribution >= 0.6 is 0 Å². The first-order valence-corrected chi connectivity index (χ1v) is 10.5. The Hall–Kier alpha value is -4.34. The monoisotopic (exact) mass is 433 g/mol. The lowest BCUT2D eigenvalue weighted by atomic mass is 10.0. The molecule has 162 valence electrons. The summed E-state index contributed by atoms with van der Waals surface area (Å²) in [5, 5.41) is 13.5. The molecule has 2 aromatic heterocycles. The molecule has 0 fully saturated rings. The molecule has 0 amide bonds. The number of anilines is 2. The van der Waals surface area contributed by atoms with Gasteiger partial charge in [-0.25, -0.2) is 9.97 Å². The molecular formula is C27H23N5O. The average Bonchev–Trinajstić information content (AvgIpc) is 2.87. The molecule has 0 unspecified atom stereocenters. The molecule has 6 heteroatoms. The molecule has 0 spiro atoms. The Kier molecular flexibility index (Phi) is 6.84. The van der Waals surface area contributed by atoms with Gasteiger partial charge in [0.25, 0.3) is 0 Å². The summed E-state index contributed by atoms with van der Waals surface area (Å²) in [5.41, 5.74) is 5.06. The van der Waals surface area contributed by atoms with E-state index in [1.165, 1.54) is 0 Å².